The molecule has 4 heteroatoms. The molecule has 0 saturated carbocycles. The molecule has 2 amide bonds. The number of hydrogen-bond acceptors (Lipinski definition) is 2. The highest BCUT2D eigenvalue weighted by Gasteiger charge is 2.21. The van der Waals surface area contributed by atoms with Gasteiger partial charge in [0.05, 0.1) is 0 Å². The Labute approximate surface area is 288 Å². The van der Waals surface area contributed by atoms with Gasteiger partial charge in [-0.05, 0) is 45.9 Å². The molecule has 0 saturated heterocycles. The maximum Gasteiger partial charge on any atom is 0.253 e. The van der Waals surface area contributed by atoms with E-state index in [1.807, 2.05) is 78.2 Å². The quantitative estimate of drug-likeness (QED) is 0.333. The lowest BCUT2D eigenvalue weighted by Gasteiger charge is -2.27. The third-order valence-corrected chi connectivity index (χ3v) is 6.28. The molecule has 46 heavy (non-hydrogen) atoms. The van der Waals surface area contributed by atoms with Crippen molar-refractivity contribution in [3.63, 3.8) is 0 Å². The van der Waals surface area contributed by atoms with Crippen LogP contribution < -0.4 is 0 Å². The summed E-state index contributed by atoms with van der Waals surface area (Å²) in [5, 5.41) is 0. The predicted octanol–water partition coefficient (Wildman–Crippen LogP) is 12.5. The maximum absolute atomic E-state index is 12.5. The molecular formula is C42H78N2O2. The summed E-state index contributed by atoms with van der Waals surface area (Å²) in [6, 6.07) is 18.9. The van der Waals surface area contributed by atoms with Gasteiger partial charge in [-0.2, -0.15) is 0 Å². The van der Waals surface area contributed by atoms with E-state index in [9.17, 15) is 9.59 Å². The summed E-state index contributed by atoms with van der Waals surface area (Å²) >= 11 is 0. The highest BCUT2D eigenvalue weighted by molar-refractivity contribution is 5.97. The molecule has 0 fully saturated rings. The van der Waals surface area contributed by atoms with Gasteiger partial charge in [-0.25, -0.2) is 0 Å². The summed E-state index contributed by atoms with van der Waals surface area (Å²) in [7, 11) is 3.62. The van der Waals surface area contributed by atoms with Crippen LogP contribution in [-0.2, 0) is 0 Å². The van der Waals surface area contributed by atoms with Crippen LogP contribution in [0.1, 0.15) is 158 Å². The summed E-state index contributed by atoms with van der Waals surface area (Å²) in [6.45, 7) is 39.8. The zero-order valence-corrected chi connectivity index (χ0v) is 34.3. The van der Waals surface area contributed by atoms with Crippen LogP contribution in [-0.4, -0.2) is 48.8 Å². The summed E-state index contributed by atoms with van der Waals surface area (Å²) in [4.78, 5) is 28.4. The minimum absolute atomic E-state index is 0.0213. The molecule has 0 atom stereocenters. The van der Waals surface area contributed by atoms with Gasteiger partial charge in [-0.1, -0.05) is 174 Å². The van der Waals surface area contributed by atoms with E-state index in [1.165, 1.54) is 12.8 Å². The third-order valence-electron chi connectivity index (χ3n) is 6.28. The van der Waals surface area contributed by atoms with Crippen LogP contribution in [0.5, 0.6) is 0 Å². The van der Waals surface area contributed by atoms with Crippen LogP contribution in [0.15, 0.2) is 60.7 Å². The predicted molar refractivity (Wildman–Crippen MR) is 208 cm³/mol. The molecule has 2 rings (SSSR count). The van der Waals surface area contributed by atoms with E-state index in [0.29, 0.717) is 35.0 Å². The fraction of sp³-hybridized carbons (Fsp3) is 0.667. The highest BCUT2D eigenvalue weighted by atomic mass is 16.2. The molecule has 0 unspecified atom stereocenters. The van der Waals surface area contributed by atoms with Gasteiger partial charge in [-0.3, -0.25) is 9.59 Å². The molecule has 2 aromatic rings. The Bertz CT molecular complexity index is 890. The largest absolute Gasteiger partial charge is 0.341 e. The normalized spacial score (nSPS) is 10.7. The number of carbonyl (C=O) groups is 2. The van der Waals surface area contributed by atoms with Crippen molar-refractivity contribution < 1.29 is 9.59 Å². The van der Waals surface area contributed by atoms with Crippen LogP contribution in [0.3, 0.4) is 0 Å². The second-order valence-corrected chi connectivity index (χ2v) is 16.0. The van der Waals surface area contributed by atoms with Gasteiger partial charge < -0.3 is 9.80 Å². The Kier molecular flexibility index (Phi) is 27.8. The van der Waals surface area contributed by atoms with E-state index in [1.54, 1.807) is 34.1 Å². The standard InChI is InChI=1S/C20H32N2O2.C6H6.2C6H14.2C2H6/c1-19(2,3)13-21(7)17(23)15-9-11-16(12-10-15)18(24)22(8)14-20(4,5)6;1-2-4-6-5-3-1;2*1-5-6(2,3)4;2*1-2/h9-12H,13-14H2,1-8H3;1-6H;2*5H2,1-4H3;2*1-2H3. The number of rotatable bonds is 4. The Morgan fingerprint density at radius 2 is 0.630 bits per heavy atom. The Balaban J connectivity index is -0.000000323. The fourth-order valence-electron chi connectivity index (χ4n) is 3.15. The number of carbonyl (C=O) groups excluding carboxylic acids is 2. The van der Waals surface area contributed by atoms with Crippen molar-refractivity contribution in [2.45, 2.75) is 137 Å². The Hall–Kier alpha value is -2.62. The molecule has 2 aromatic carbocycles. The lowest BCUT2D eigenvalue weighted by atomic mass is 9.94. The molecule has 0 radical (unpaired) electrons. The van der Waals surface area contributed by atoms with Gasteiger partial charge in [0.25, 0.3) is 11.8 Å². The topological polar surface area (TPSA) is 40.6 Å². The minimum atomic E-state index is -0.0213. The molecule has 0 aliphatic rings. The van der Waals surface area contributed by atoms with E-state index in [0.717, 1.165) is 0 Å². The average molecular weight is 643 g/mol. The van der Waals surface area contributed by atoms with E-state index in [4.69, 9.17) is 0 Å². The zero-order chi connectivity index (χ0) is 37.4. The summed E-state index contributed by atoms with van der Waals surface area (Å²) < 4.78 is 0. The second-order valence-electron chi connectivity index (χ2n) is 16.0. The summed E-state index contributed by atoms with van der Waals surface area (Å²) in [5.74, 6) is -0.0426. The van der Waals surface area contributed by atoms with E-state index >= 15 is 0 Å². The van der Waals surface area contributed by atoms with E-state index in [2.05, 4.69) is 96.9 Å². The van der Waals surface area contributed by atoms with Crippen LogP contribution in [0.25, 0.3) is 0 Å². The number of benzene rings is 2. The SMILES string of the molecule is CC.CC.CCC(C)(C)C.CCC(C)(C)C.CN(CC(C)(C)C)C(=O)c1ccc(C(=O)N(C)CC(C)(C)C)cc1.c1ccccc1. The molecule has 268 valence electrons. The molecular weight excluding hydrogens is 564 g/mol. The zero-order valence-electron chi connectivity index (χ0n) is 34.3. The van der Waals surface area contributed by atoms with Crippen molar-refractivity contribution >= 4 is 11.8 Å². The van der Waals surface area contributed by atoms with E-state index in [-0.39, 0.29) is 22.6 Å². The Morgan fingerprint density at radius 3 is 0.761 bits per heavy atom. The van der Waals surface area contributed by atoms with Gasteiger partial charge in [0.15, 0.2) is 0 Å². The smallest absolute Gasteiger partial charge is 0.253 e. The molecule has 0 bridgehead atoms. The van der Waals surface area contributed by atoms with Gasteiger partial charge in [0.2, 0.25) is 0 Å². The van der Waals surface area contributed by atoms with Crippen molar-refractivity contribution in [1.29, 1.82) is 0 Å². The maximum atomic E-state index is 12.5. The molecule has 0 spiro atoms. The molecule has 0 aromatic heterocycles. The number of hydrogen-bond donors (Lipinski definition) is 0. The van der Waals surface area contributed by atoms with Crippen LogP contribution >= 0.6 is 0 Å². The van der Waals surface area contributed by atoms with Gasteiger partial charge >= 0.3 is 0 Å². The van der Waals surface area contributed by atoms with Gasteiger partial charge in [-0.15, -0.1) is 0 Å². The molecule has 0 aliphatic heterocycles. The lowest BCUT2D eigenvalue weighted by Crippen LogP contribution is -2.35. The van der Waals surface area contributed by atoms with E-state index < -0.39 is 0 Å². The van der Waals surface area contributed by atoms with Crippen molar-refractivity contribution in [2.75, 3.05) is 27.2 Å². The first-order valence-corrected chi connectivity index (χ1v) is 17.5. The highest BCUT2D eigenvalue weighted by Crippen LogP contribution is 2.19. The third kappa shape index (κ3) is 32.8. The van der Waals surface area contributed by atoms with Gasteiger partial charge in [0, 0.05) is 38.3 Å². The molecule has 0 heterocycles. The second kappa shape index (κ2) is 25.5. The molecule has 0 aliphatic carbocycles. The van der Waals surface area contributed by atoms with Crippen molar-refractivity contribution in [2.24, 2.45) is 21.7 Å². The van der Waals surface area contributed by atoms with Crippen LogP contribution in [0.2, 0.25) is 0 Å². The summed E-state index contributed by atoms with van der Waals surface area (Å²) in [5.41, 5.74) is 2.40. The monoisotopic (exact) mass is 643 g/mol. The van der Waals surface area contributed by atoms with Crippen LogP contribution in [0.4, 0.5) is 0 Å². The number of nitrogens with zero attached hydrogens (tertiary/aromatic N) is 2. The number of amides is 2. The van der Waals surface area contributed by atoms with Crippen molar-refractivity contribution in [3.8, 4) is 0 Å². The molecule has 0 N–H and O–H groups in total. The average Bonchev–Trinajstić information content (AvgIpc) is 2.98. The van der Waals surface area contributed by atoms with Crippen LogP contribution in [0, 0.1) is 21.7 Å². The first kappa shape index (κ1) is 50.2. The van der Waals surface area contributed by atoms with Crippen molar-refractivity contribution in [3.05, 3.63) is 71.8 Å². The fourth-order valence-corrected chi connectivity index (χ4v) is 3.15. The summed E-state index contributed by atoms with van der Waals surface area (Å²) in [6.07, 6.45) is 2.54. The lowest BCUT2D eigenvalue weighted by molar-refractivity contribution is 0.0735. The Morgan fingerprint density at radius 1 is 0.457 bits per heavy atom. The molecule has 4 nitrogen and oxygen atoms in total. The first-order chi connectivity index (χ1) is 20.9. The first-order valence-electron chi connectivity index (χ1n) is 17.5. The van der Waals surface area contributed by atoms with Crippen molar-refractivity contribution in [1.82, 2.24) is 9.80 Å². The minimum Gasteiger partial charge on any atom is -0.341 e. The van der Waals surface area contributed by atoms with Gasteiger partial charge in [0.1, 0.15) is 0 Å².